The van der Waals surface area contributed by atoms with E-state index in [1.165, 1.54) is 0 Å². The van der Waals surface area contributed by atoms with Crippen LogP contribution in [0.1, 0.15) is 33.5 Å². The van der Waals surface area contributed by atoms with E-state index in [1.807, 2.05) is 121 Å². The van der Waals surface area contributed by atoms with Gasteiger partial charge >= 0.3 is 0 Å². The van der Waals surface area contributed by atoms with Crippen LogP contribution >= 0.6 is 0 Å². The third-order valence-electron chi connectivity index (χ3n) is 8.69. The maximum absolute atomic E-state index is 13.8. The Hall–Kier alpha value is -5.75. The molecule has 0 saturated heterocycles. The summed E-state index contributed by atoms with van der Waals surface area (Å²) < 4.78 is 2.09. The zero-order valence-electron chi connectivity index (χ0n) is 26.2. The summed E-state index contributed by atoms with van der Waals surface area (Å²) in [5.41, 5.74) is 11.1. The normalized spacial score (nSPS) is 12.0. The fourth-order valence-electron chi connectivity index (χ4n) is 6.41. The summed E-state index contributed by atoms with van der Waals surface area (Å²) in [7, 11) is 0. The van der Waals surface area contributed by atoms with Crippen molar-refractivity contribution in [1.82, 2.24) is 14.9 Å². The van der Waals surface area contributed by atoms with Crippen molar-refractivity contribution in [2.24, 2.45) is 11.7 Å². The monoisotopic (exact) mass is 618 g/mol. The molecular weight excluding hydrogens is 580 g/mol. The SMILES string of the molecule is NC(=O)C(Cc1cn(C(c2ccccc2)(c2ccccc2)c2ccccc2)cn1)NC(=O)C(Cc1ccccc1)Cc1ccccc1. The second-order valence-electron chi connectivity index (χ2n) is 11.8. The van der Waals surface area contributed by atoms with Crippen molar-refractivity contribution in [3.05, 3.63) is 198 Å². The fourth-order valence-corrected chi connectivity index (χ4v) is 6.41. The molecule has 1 heterocycles. The van der Waals surface area contributed by atoms with Crippen molar-refractivity contribution in [3.8, 4) is 0 Å². The van der Waals surface area contributed by atoms with Crippen molar-refractivity contribution in [2.75, 3.05) is 0 Å². The second-order valence-corrected chi connectivity index (χ2v) is 11.8. The van der Waals surface area contributed by atoms with E-state index in [1.54, 1.807) is 6.33 Å². The van der Waals surface area contributed by atoms with Gasteiger partial charge in [-0.25, -0.2) is 4.98 Å². The van der Waals surface area contributed by atoms with Crippen LogP contribution in [0.25, 0.3) is 0 Å². The van der Waals surface area contributed by atoms with Crippen LogP contribution in [0.5, 0.6) is 0 Å². The Kier molecular flexibility index (Phi) is 9.68. The van der Waals surface area contributed by atoms with Crippen LogP contribution in [0.4, 0.5) is 0 Å². The smallest absolute Gasteiger partial charge is 0.240 e. The first-order chi connectivity index (χ1) is 23.0. The highest BCUT2D eigenvalue weighted by Gasteiger charge is 2.38. The number of primary amides is 1. The molecule has 2 amide bonds. The minimum absolute atomic E-state index is 0.159. The molecule has 0 aliphatic carbocycles. The molecule has 1 aromatic heterocycles. The Morgan fingerprint density at radius 1 is 0.617 bits per heavy atom. The van der Waals surface area contributed by atoms with Gasteiger partial charge in [0.2, 0.25) is 11.8 Å². The Labute approximate surface area is 275 Å². The van der Waals surface area contributed by atoms with Crippen molar-refractivity contribution < 1.29 is 9.59 Å². The molecule has 6 aromatic rings. The highest BCUT2D eigenvalue weighted by molar-refractivity contribution is 5.88. The Bertz CT molecular complexity index is 1740. The first-order valence-electron chi connectivity index (χ1n) is 15.9. The summed E-state index contributed by atoms with van der Waals surface area (Å²) in [4.78, 5) is 31.4. The molecule has 0 spiro atoms. The summed E-state index contributed by atoms with van der Waals surface area (Å²) >= 11 is 0. The lowest BCUT2D eigenvalue weighted by atomic mass is 9.77. The molecule has 0 saturated carbocycles. The molecule has 3 N–H and O–H groups in total. The maximum Gasteiger partial charge on any atom is 0.240 e. The largest absolute Gasteiger partial charge is 0.368 e. The number of rotatable bonds is 13. The van der Waals surface area contributed by atoms with Gasteiger partial charge in [0.1, 0.15) is 11.6 Å². The maximum atomic E-state index is 13.8. The topological polar surface area (TPSA) is 90.0 Å². The molecule has 6 rings (SSSR count). The molecule has 1 atom stereocenters. The molecule has 0 fully saturated rings. The zero-order valence-corrected chi connectivity index (χ0v) is 26.2. The van der Waals surface area contributed by atoms with Crippen LogP contribution in [0.3, 0.4) is 0 Å². The number of nitrogens with two attached hydrogens (primary N) is 1. The first-order valence-corrected chi connectivity index (χ1v) is 15.9. The molecule has 0 aliphatic rings. The minimum atomic E-state index is -0.931. The molecule has 6 nitrogen and oxygen atoms in total. The molecule has 0 bridgehead atoms. The summed E-state index contributed by atoms with van der Waals surface area (Å²) in [5, 5.41) is 2.99. The van der Waals surface area contributed by atoms with Crippen molar-refractivity contribution in [2.45, 2.75) is 30.8 Å². The van der Waals surface area contributed by atoms with E-state index >= 15 is 0 Å². The molecular formula is C41H38N4O2. The lowest BCUT2D eigenvalue weighted by Crippen LogP contribution is -2.48. The molecule has 5 aromatic carbocycles. The number of aromatic nitrogens is 2. The molecule has 6 heteroatoms. The van der Waals surface area contributed by atoms with E-state index in [-0.39, 0.29) is 18.2 Å². The van der Waals surface area contributed by atoms with E-state index in [2.05, 4.69) is 46.3 Å². The standard InChI is InChI=1S/C41H38N4O2/c42-39(46)38(44-40(47)33(26-31-16-6-1-7-17-31)27-32-18-8-2-9-19-32)28-37-29-45(30-43-37)41(34-20-10-3-11-21-34,35-22-12-4-13-23-35)36-24-14-5-15-25-36/h1-25,29-30,33,38H,26-28H2,(H2,42,46)(H,44,47). The number of hydrogen-bond acceptors (Lipinski definition) is 3. The third kappa shape index (κ3) is 7.07. The number of carbonyl (C=O) groups excluding carboxylic acids is 2. The average Bonchev–Trinajstić information content (AvgIpc) is 3.59. The van der Waals surface area contributed by atoms with Gasteiger partial charge in [-0.2, -0.15) is 0 Å². The van der Waals surface area contributed by atoms with Gasteiger partial charge in [0, 0.05) is 18.5 Å². The van der Waals surface area contributed by atoms with Gasteiger partial charge in [-0.3, -0.25) is 9.59 Å². The van der Waals surface area contributed by atoms with Gasteiger partial charge in [0.05, 0.1) is 12.0 Å². The van der Waals surface area contributed by atoms with E-state index in [9.17, 15) is 9.59 Å². The molecule has 1 unspecified atom stereocenters. The van der Waals surface area contributed by atoms with Gasteiger partial charge in [0.25, 0.3) is 0 Å². The number of benzene rings is 5. The van der Waals surface area contributed by atoms with Crippen LogP contribution in [0, 0.1) is 5.92 Å². The number of imidazole rings is 1. The fraction of sp³-hybridized carbons (Fsp3) is 0.146. The summed E-state index contributed by atoms with van der Waals surface area (Å²) in [5.74, 6) is -1.21. The van der Waals surface area contributed by atoms with E-state index < -0.39 is 17.5 Å². The van der Waals surface area contributed by atoms with Crippen LogP contribution in [0.2, 0.25) is 0 Å². The van der Waals surface area contributed by atoms with Crippen LogP contribution in [-0.2, 0) is 34.4 Å². The number of amides is 2. The van der Waals surface area contributed by atoms with Crippen molar-refractivity contribution in [3.63, 3.8) is 0 Å². The third-order valence-corrected chi connectivity index (χ3v) is 8.69. The van der Waals surface area contributed by atoms with Gasteiger partial charge in [0.15, 0.2) is 0 Å². The highest BCUT2D eigenvalue weighted by atomic mass is 16.2. The first kappa shape index (κ1) is 31.2. The lowest BCUT2D eigenvalue weighted by Gasteiger charge is -2.37. The van der Waals surface area contributed by atoms with Crippen LogP contribution in [0.15, 0.2) is 164 Å². The number of nitrogens with zero attached hydrogens (tertiary/aromatic N) is 2. The van der Waals surface area contributed by atoms with Crippen molar-refractivity contribution in [1.29, 1.82) is 0 Å². The van der Waals surface area contributed by atoms with Gasteiger partial charge in [-0.05, 0) is 40.7 Å². The van der Waals surface area contributed by atoms with Gasteiger partial charge in [-0.1, -0.05) is 152 Å². The van der Waals surface area contributed by atoms with Gasteiger partial charge in [-0.15, -0.1) is 0 Å². The predicted molar refractivity (Wildman–Crippen MR) is 185 cm³/mol. The zero-order chi connectivity index (χ0) is 32.5. The van der Waals surface area contributed by atoms with Crippen molar-refractivity contribution >= 4 is 11.8 Å². The predicted octanol–water partition coefficient (Wildman–Crippen LogP) is 6.34. The minimum Gasteiger partial charge on any atom is -0.368 e. The summed E-state index contributed by atoms with van der Waals surface area (Å²) in [6.07, 6.45) is 4.99. The quantitative estimate of drug-likeness (QED) is 0.148. The molecule has 47 heavy (non-hydrogen) atoms. The van der Waals surface area contributed by atoms with E-state index in [4.69, 9.17) is 10.7 Å². The van der Waals surface area contributed by atoms with Gasteiger partial charge < -0.3 is 15.6 Å². The highest BCUT2D eigenvalue weighted by Crippen LogP contribution is 2.40. The Morgan fingerprint density at radius 3 is 1.43 bits per heavy atom. The second kappa shape index (κ2) is 14.6. The lowest BCUT2D eigenvalue weighted by molar-refractivity contribution is -0.129. The van der Waals surface area contributed by atoms with E-state index in [0.717, 1.165) is 27.8 Å². The number of nitrogens with one attached hydrogen (secondary N) is 1. The molecule has 234 valence electrons. The molecule has 0 aliphatic heterocycles. The Balaban J connectivity index is 1.32. The number of hydrogen-bond donors (Lipinski definition) is 2. The average molecular weight is 619 g/mol. The number of carbonyl (C=O) groups is 2. The Morgan fingerprint density at radius 2 is 1.02 bits per heavy atom. The summed E-state index contributed by atoms with van der Waals surface area (Å²) in [6, 6.07) is 49.9. The van der Waals surface area contributed by atoms with E-state index in [0.29, 0.717) is 18.5 Å². The van der Waals surface area contributed by atoms with Crippen LogP contribution < -0.4 is 11.1 Å². The van der Waals surface area contributed by atoms with Crippen LogP contribution in [-0.4, -0.2) is 27.4 Å². The summed E-state index contributed by atoms with van der Waals surface area (Å²) in [6.45, 7) is 0. The molecule has 0 radical (unpaired) electrons.